The van der Waals surface area contributed by atoms with Crippen molar-refractivity contribution in [2.75, 3.05) is 31.2 Å². The lowest BCUT2D eigenvalue weighted by atomic mass is 9.91. The molecule has 0 bridgehead atoms. The molecule has 0 atom stereocenters. The number of methoxy groups -OCH3 is 1. The molecule has 0 radical (unpaired) electrons. The number of benzene rings is 1. The molecule has 5 rings (SSSR count). The number of fused-ring (bicyclic) bond motifs is 1. The van der Waals surface area contributed by atoms with Crippen molar-refractivity contribution in [2.45, 2.75) is 42.7 Å². The molecule has 2 N–H and O–H groups in total. The molecule has 0 unspecified atom stereocenters. The van der Waals surface area contributed by atoms with E-state index in [-0.39, 0.29) is 44.2 Å². The van der Waals surface area contributed by atoms with Crippen LogP contribution in [-0.4, -0.2) is 66.1 Å². The average molecular weight is 623 g/mol. The maximum Gasteiger partial charge on any atom is 0.267 e. The fourth-order valence-corrected chi connectivity index (χ4v) is 6.80. The summed E-state index contributed by atoms with van der Waals surface area (Å²) in [5.41, 5.74) is 0.417. The lowest BCUT2D eigenvalue weighted by Crippen LogP contribution is -2.36. The van der Waals surface area contributed by atoms with Crippen LogP contribution in [0, 0.1) is 11.3 Å². The van der Waals surface area contributed by atoms with Gasteiger partial charge in [-0.2, -0.15) is 10.2 Å². The molecular weight excluding hydrogens is 592 g/mol. The van der Waals surface area contributed by atoms with Gasteiger partial charge in [-0.15, -0.1) is 0 Å². The van der Waals surface area contributed by atoms with E-state index in [1.807, 2.05) is 6.07 Å². The molecule has 12 nitrogen and oxygen atoms in total. The second kappa shape index (κ2) is 12.2. The van der Waals surface area contributed by atoms with Crippen molar-refractivity contribution in [1.29, 1.82) is 5.26 Å². The van der Waals surface area contributed by atoms with Crippen molar-refractivity contribution in [1.82, 2.24) is 24.4 Å². The van der Waals surface area contributed by atoms with Crippen LogP contribution >= 0.6 is 11.6 Å². The summed E-state index contributed by atoms with van der Waals surface area (Å²) in [5.74, 6) is 0.286. The summed E-state index contributed by atoms with van der Waals surface area (Å²) >= 11 is 5.99. The first-order chi connectivity index (χ1) is 20.5. The number of rotatable bonds is 8. The Kier molecular flexibility index (Phi) is 8.55. The van der Waals surface area contributed by atoms with Crippen LogP contribution in [0.25, 0.3) is 22.2 Å². The molecular formula is C29H31ClN8O4S. The smallest absolute Gasteiger partial charge is 0.267 e. The number of pyridine rings is 2. The Balaban J connectivity index is 1.48. The zero-order chi connectivity index (χ0) is 30.9. The van der Waals surface area contributed by atoms with Gasteiger partial charge in [0.1, 0.15) is 11.7 Å². The van der Waals surface area contributed by atoms with Crippen LogP contribution in [0.5, 0.6) is 5.88 Å². The van der Waals surface area contributed by atoms with Crippen LogP contribution in [0.2, 0.25) is 5.02 Å². The van der Waals surface area contributed by atoms with Gasteiger partial charge in [0.2, 0.25) is 11.8 Å². The second-order valence-electron chi connectivity index (χ2n) is 10.6. The first-order valence-corrected chi connectivity index (χ1v) is 15.4. The number of nitrogens with zero attached hydrogens (tertiary/aromatic N) is 6. The van der Waals surface area contributed by atoms with Crippen LogP contribution < -0.4 is 20.3 Å². The SMILES string of the molecule is COc1ncc(Cl)cc1S(=O)(=O)Nc1cccc(-c2cc3cnc(NC4CCC(N(C)C)CC4)nc3n(C)c2=O)c1C#N. The summed E-state index contributed by atoms with van der Waals surface area (Å²) in [6, 6.07) is 10.2. The van der Waals surface area contributed by atoms with E-state index >= 15 is 0 Å². The van der Waals surface area contributed by atoms with Crippen molar-refractivity contribution in [2.24, 2.45) is 7.05 Å². The molecule has 0 aliphatic heterocycles. The van der Waals surface area contributed by atoms with Crippen LogP contribution in [0.15, 0.2) is 52.4 Å². The Hall–Kier alpha value is -4.25. The highest BCUT2D eigenvalue weighted by atomic mass is 35.5. The largest absolute Gasteiger partial charge is 0.480 e. The fraction of sp³-hybridized carbons (Fsp3) is 0.345. The first kappa shape index (κ1) is 30.2. The van der Waals surface area contributed by atoms with Gasteiger partial charge in [0.05, 0.1) is 23.4 Å². The van der Waals surface area contributed by atoms with Crippen molar-refractivity contribution >= 4 is 44.3 Å². The highest BCUT2D eigenvalue weighted by molar-refractivity contribution is 7.92. The van der Waals surface area contributed by atoms with Crippen LogP contribution in [0.3, 0.4) is 0 Å². The zero-order valence-electron chi connectivity index (χ0n) is 24.1. The summed E-state index contributed by atoms with van der Waals surface area (Å²) in [4.78, 5) is 28.6. The number of nitriles is 1. The van der Waals surface area contributed by atoms with E-state index in [1.165, 1.54) is 30.0 Å². The van der Waals surface area contributed by atoms with Crippen molar-refractivity contribution in [3.05, 3.63) is 63.7 Å². The van der Waals surface area contributed by atoms with E-state index in [9.17, 15) is 18.5 Å². The van der Waals surface area contributed by atoms with E-state index < -0.39 is 15.6 Å². The number of hydrogen-bond acceptors (Lipinski definition) is 10. The van der Waals surface area contributed by atoms with Gasteiger partial charge in [0, 0.05) is 48.0 Å². The molecule has 3 heterocycles. The summed E-state index contributed by atoms with van der Waals surface area (Å²) in [6.45, 7) is 0. The van der Waals surface area contributed by atoms with Gasteiger partial charge in [-0.3, -0.25) is 14.1 Å². The average Bonchev–Trinajstić information content (AvgIpc) is 2.99. The number of halogens is 1. The second-order valence-corrected chi connectivity index (χ2v) is 12.7. The Morgan fingerprint density at radius 1 is 1.12 bits per heavy atom. The first-order valence-electron chi connectivity index (χ1n) is 13.6. The molecule has 1 saturated carbocycles. The standard InChI is InChI=1S/C29H31ClN8O4S/c1-37(2)20-10-8-19(9-11-20)34-29-33-15-17-12-22(28(39)38(3)26(17)35-29)21-6-5-7-24(23(21)14-31)36-43(40,41)25-13-18(30)16-32-27(25)42-4/h5-7,12-13,15-16,19-20,36H,8-11H2,1-4H3,(H,33,34,35). The fourth-order valence-electron chi connectivity index (χ4n) is 5.36. The molecule has 14 heteroatoms. The molecule has 43 heavy (non-hydrogen) atoms. The van der Waals surface area contributed by atoms with Gasteiger partial charge in [0.25, 0.3) is 15.6 Å². The minimum absolute atomic E-state index is 0.0241. The maximum atomic E-state index is 13.6. The molecule has 4 aromatic rings. The number of aromatic nitrogens is 4. The number of anilines is 2. The molecule has 1 aliphatic carbocycles. The van der Waals surface area contributed by atoms with E-state index in [1.54, 1.807) is 31.4 Å². The molecule has 224 valence electrons. The topological polar surface area (TPSA) is 155 Å². The van der Waals surface area contributed by atoms with Gasteiger partial charge in [-0.25, -0.2) is 18.4 Å². The predicted molar refractivity (Wildman–Crippen MR) is 165 cm³/mol. The summed E-state index contributed by atoms with van der Waals surface area (Å²) in [6.07, 6.45) is 7.06. The predicted octanol–water partition coefficient (Wildman–Crippen LogP) is 4.01. The van der Waals surface area contributed by atoms with E-state index in [2.05, 4.69) is 44.0 Å². The van der Waals surface area contributed by atoms with Gasteiger partial charge in [-0.1, -0.05) is 23.7 Å². The summed E-state index contributed by atoms with van der Waals surface area (Å²) in [7, 11) is 2.81. The third-order valence-corrected chi connectivity index (χ3v) is 9.25. The van der Waals surface area contributed by atoms with Crippen LogP contribution in [0.1, 0.15) is 31.2 Å². The van der Waals surface area contributed by atoms with Crippen molar-refractivity contribution in [3.8, 4) is 23.1 Å². The number of ether oxygens (including phenoxy) is 1. The van der Waals surface area contributed by atoms with Crippen molar-refractivity contribution < 1.29 is 13.2 Å². The van der Waals surface area contributed by atoms with Gasteiger partial charge in [-0.05, 0) is 58.0 Å². The third kappa shape index (κ3) is 6.13. The van der Waals surface area contributed by atoms with Crippen LogP contribution in [0.4, 0.5) is 11.6 Å². The molecule has 0 saturated heterocycles. The maximum absolute atomic E-state index is 13.6. The summed E-state index contributed by atoms with van der Waals surface area (Å²) in [5, 5.41) is 14.2. The normalized spacial score (nSPS) is 17.0. The number of nitrogens with one attached hydrogen (secondary N) is 2. The number of aryl methyl sites for hydroxylation is 1. The lowest BCUT2D eigenvalue weighted by molar-refractivity contribution is 0.221. The van der Waals surface area contributed by atoms with Gasteiger partial charge in [0.15, 0.2) is 4.90 Å². The zero-order valence-corrected chi connectivity index (χ0v) is 25.7. The molecule has 0 spiro atoms. The van der Waals surface area contributed by atoms with E-state index in [0.717, 1.165) is 25.7 Å². The Morgan fingerprint density at radius 2 is 1.86 bits per heavy atom. The monoisotopic (exact) mass is 622 g/mol. The minimum atomic E-state index is -4.27. The minimum Gasteiger partial charge on any atom is -0.480 e. The van der Waals surface area contributed by atoms with Gasteiger partial charge < -0.3 is 15.0 Å². The number of sulfonamides is 1. The molecule has 1 aromatic carbocycles. The lowest BCUT2D eigenvalue weighted by Gasteiger charge is -2.32. The Morgan fingerprint density at radius 3 is 2.53 bits per heavy atom. The number of hydrogen-bond donors (Lipinski definition) is 2. The molecule has 1 aliphatic rings. The van der Waals surface area contributed by atoms with Crippen molar-refractivity contribution in [3.63, 3.8) is 0 Å². The molecule has 1 fully saturated rings. The summed E-state index contributed by atoms with van der Waals surface area (Å²) < 4.78 is 35.5. The third-order valence-electron chi connectivity index (χ3n) is 7.69. The Labute approximate surface area is 254 Å². The van der Waals surface area contributed by atoms with Gasteiger partial charge >= 0.3 is 0 Å². The highest BCUT2D eigenvalue weighted by Gasteiger charge is 2.25. The molecule has 0 amide bonds. The highest BCUT2D eigenvalue weighted by Crippen LogP contribution is 2.32. The Bertz CT molecular complexity index is 1900. The van der Waals surface area contributed by atoms with Crippen LogP contribution in [-0.2, 0) is 17.1 Å². The molecule has 3 aromatic heterocycles. The quantitative estimate of drug-likeness (QED) is 0.294. The van der Waals surface area contributed by atoms with E-state index in [4.69, 9.17) is 16.3 Å². The van der Waals surface area contributed by atoms with E-state index in [0.29, 0.717) is 23.0 Å².